The lowest BCUT2D eigenvalue weighted by atomic mass is 10.3. The van der Waals surface area contributed by atoms with E-state index in [9.17, 15) is 0 Å². The van der Waals surface area contributed by atoms with Crippen LogP contribution in [0.1, 0.15) is 5.82 Å². The first kappa shape index (κ1) is 10.8. The van der Waals surface area contributed by atoms with Gasteiger partial charge in [0, 0.05) is 18.5 Å². The highest BCUT2D eigenvalue weighted by Gasteiger charge is 2.02. The predicted octanol–water partition coefficient (Wildman–Crippen LogP) is 2.68. The van der Waals surface area contributed by atoms with Gasteiger partial charge in [0.1, 0.15) is 11.6 Å². The van der Waals surface area contributed by atoms with Gasteiger partial charge >= 0.3 is 0 Å². The number of hydrogen-bond acceptors (Lipinski definition) is 3. The molecule has 2 aromatic rings. The average molecular weight is 238 g/mol. The number of H-pyrrole nitrogens is 1. The van der Waals surface area contributed by atoms with Crippen molar-refractivity contribution in [2.24, 2.45) is 0 Å². The Hall–Kier alpha value is -1.68. The number of benzene rings is 1. The van der Waals surface area contributed by atoms with Gasteiger partial charge in [-0.1, -0.05) is 11.6 Å². The van der Waals surface area contributed by atoms with Gasteiger partial charge in [0.15, 0.2) is 0 Å². The van der Waals surface area contributed by atoms with Crippen molar-refractivity contribution in [3.05, 3.63) is 41.4 Å². The zero-order valence-electron chi connectivity index (χ0n) is 8.83. The lowest BCUT2D eigenvalue weighted by Crippen LogP contribution is -2.01. The van der Waals surface area contributed by atoms with Crippen molar-refractivity contribution in [1.82, 2.24) is 9.97 Å². The molecule has 4 nitrogen and oxygen atoms in total. The topological polar surface area (TPSA) is 49.9 Å². The fourth-order valence-corrected chi connectivity index (χ4v) is 1.52. The summed E-state index contributed by atoms with van der Waals surface area (Å²) in [5.41, 5.74) is 0.831. The number of methoxy groups -OCH3 is 1. The fourth-order valence-electron chi connectivity index (χ4n) is 1.34. The molecular weight excluding hydrogens is 226 g/mol. The van der Waals surface area contributed by atoms with Crippen LogP contribution in [0.2, 0.25) is 5.02 Å². The number of nitrogens with one attached hydrogen (secondary N) is 2. The number of rotatable bonds is 4. The van der Waals surface area contributed by atoms with Crippen molar-refractivity contribution >= 4 is 17.3 Å². The minimum atomic E-state index is 0.597. The maximum atomic E-state index is 6.04. The van der Waals surface area contributed by atoms with E-state index in [-0.39, 0.29) is 0 Å². The summed E-state index contributed by atoms with van der Waals surface area (Å²) in [4.78, 5) is 7.12. The van der Waals surface area contributed by atoms with Crippen LogP contribution in [0.5, 0.6) is 5.75 Å². The quantitative estimate of drug-likeness (QED) is 0.860. The van der Waals surface area contributed by atoms with Gasteiger partial charge in [-0.05, 0) is 12.1 Å². The van der Waals surface area contributed by atoms with E-state index in [1.165, 1.54) is 0 Å². The Bertz CT molecular complexity index is 456. The predicted molar refractivity (Wildman–Crippen MR) is 63.9 cm³/mol. The van der Waals surface area contributed by atoms with E-state index < -0.39 is 0 Å². The molecule has 0 amide bonds. The minimum Gasteiger partial charge on any atom is -0.497 e. The molecule has 0 unspecified atom stereocenters. The second-order valence-corrected chi connectivity index (χ2v) is 3.64. The summed E-state index contributed by atoms with van der Waals surface area (Å²) in [6.45, 7) is 0.597. The summed E-state index contributed by atoms with van der Waals surface area (Å²) in [6, 6.07) is 5.47. The molecule has 1 aromatic heterocycles. The van der Waals surface area contributed by atoms with Crippen molar-refractivity contribution < 1.29 is 4.74 Å². The molecule has 1 heterocycles. The van der Waals surface area contributed by atoms with Crippen LogP contribution in [-0.2, 0) is 6.54 Å². The molecule has 2 N–H and O–H groups in total. The van der Waals surface area contributed by atoms with Crippen molar-refractivity contribution in [2.45, 2.75) is 6.54 Å². The van der Waals surface area contributed by atoms with Gasteiger partial charge in [0.25, 0.3) is 0 Å². The summed E-state index contributed by atoms with van der Waals surface area (Å²) in [5.74, 6) is 1.63. The van der Waals surface area contributed by atoms with Crippen LogP contribution in [0.15, 0.2) is 30.6 Å². The zero-order chi connectivity index (χ0) is 11.4. The molecule has 0 fully saturated rings. The summed E-state index contributed by atoms with van der Waals surface area (Å²) in [6.07, 6.45) is 3.49. The SMILES string of the molecule is COc1ccc(Cl)c(NCc2ncc[nH]2)c1. The Kier molecular flexibility index (Phi) is 3.31. The fraction of sp³-hybridized carbons (Fsp3) is 0.182. The van der Waals surface area contributed by atoms with Crippen LogP contribution in [-0.4, -0.2) is 17.1 Å². The molecule has 0 bridgehead atoms. The first-order valence-corrected chi connectivity index (χ1v) is 5.23. The molecular formula is C11H12ClN3O. The van der Waals surface area contributed by atoms with E-state index in [0.29, 0.717) is 11.6 Å². The van der Waals surface area contributed by atoms with Crippen LogP contribution in [0.4, 0.5) is 5.69 Å². The maximum absolute atomic E-state index is 6.04. The highest BCUT2D eigenvalue weighted by atomic mass is 35.5. The molecule has 1 aromatic carbocycles. The number of anilines is 1. The summed E-state index contributed by atoms with van der Waals surface area (Å²) in [7, 11) is 1.62. The minimum absolute atomic E-state index is 0.597. The smallest absolute Gasteiger partial charge is 0.125 e. The highest BCUT2D eigenvalue weighted by Crippen LogP contribution is 2.26. The Morgan fingerprint density at radius 3 is 3.06 bits per heavy atom. The third-order valence-corrected chi connectivity index (χ3v) is 2.50. The van der Waals surface area contributed by atoms with Crippen molar-refractivity contribution in [2.75, 3.05) is 12.4 Å². The molecule has 0 aliphatic rings. The Labute approximate surface area is 98.6 Å². The summed E-state index contributed by atoms with van der Waals surface area (Å²) >= 11 is 6.04. The second kappa shape index (κ2) is 4.90. The van der Waals surface area contributed by atoms with Crippen LogP contribution in [0.3, 0.4) is 0 Å². The first-order chi connectivity index (χ1) is 7.79. The number of aromatic nitrogens is 2. The zero-order valence-corrected chi connectivity index (χ0v) is 9.58. The monoisotopic (exact) mass is 237 g/mol. The number of nitrogens with zero attached hydrogens (tertiary/aromatic N) is 1. The molecule has 0 aliphatic heterocycles. The number of halogens is 1. The van der Waals surface area contributed by atoms with Gasteiger partial charge < -0.3 is 15.0 Å². The summed E-state index contributed by atoms with van der Waals surface area (Å²) < 4.78 is 5.12. The van der Waals surface area contributed by atoms with Crippen molar-refractivity contribution in [3.63, 3.8) is 0 Å². The van der Waals surface area contributed by atoms with E-state index >= 15 is 0 Å². The second-order valence-electron chi connectivity index (χ2n) is 3.24. The highest BCUT2D eigenvalue weighted by molar-refractivity contribution is 6.33. The van der Waals surface area contributed by atoms with Crippen LogP contribution < -0.4 is 10.1 Å². The van der Waals surface area contributed by atoms with E-state index in [0.717, 1.165) is 17.3 Å². The molecule has 84 valence electrons. The third kappa shape index (κ3) is 2.46. The van der Waals surface area contributed by atoms with E-state index in [1.807, 2.05) is 12.1 Å². The number of imidazole rings is 1. The molecule has 2 rings (SSSR count). The lowest BCUT2D eigenvalue weighted by molar-refractivity contribution is 0.415. The molecule has 5 heteroatoms. The molecule has 0 saturated carbocycles. The normalized spacial score (nSPS) is 10.1. The molecule has 0 radical (unpaired) electrons. The van der Waals surface area contributed by atoms with Crippen molar-refractivity contribution in [3.8, 4) is 5.75 Å². The number of hydrogen-bond donors (Lipinski definition) is 2. The Morgan fingerprint density at radius 2 is 2.38 bits per heavy atom. The molecule has 16 heavy (non-hydrogen) atoms. The molecule has 0 aliphatic carbocycles. The largest absolute Gasteiger partial charge is 0.497 e. The van der Waals surface area contributed by atoms with Gasteiger partial charge in [0.2, 0.25) is 0 Å². The van der Waals surface area contributed by atoms with Crippen molar-refractivity contribution in [1.29, 1.82) is 0 Å². The van der Waals surface area contributed by atoms with E-state index in [2.05, 4.69) is 15.3 Å². The van der Waals surface area contributed by atoms with Gasteiger partial charge in [-0.3, -0.25) is 0 Å². The lowest BCUT2D eigenvalue weighted by Gasteiger charge is -2.08. The number of ether oxygens (including phenoxy) is 1. The standard InChI is InChI=1S/C11H12ClN3O/c1-16-8-2-3-9(12)10(6-8)15-7-11-13-4-5-14-11/h2-6,15H,7H2,1H3,(H,13,14). The number of aromatic amines is 1. The Morgan fingerprint density at radius 1 is 1.50 bits per heavy atom. The van der Waals surface area contributed by atoms with Crippen LogP contribution >= 0.6 is 11.6 Å². The Balaban J connectivity index is 2.08. The van der Waals surface area contributed by atoms with Gasteiger partial charge in [-0.25, -0.2) is 4.98 Å². The molecule has 0 atom stereocenters. The third-order valence-electron chi connectivity index (χ3n) is 2.17. The molecule has 0 spiro atoms. The van der Waals surface area contributed by atoms with Crippen LogP contribution in [0.25, 0.3) is 0 Å². The van der Waals surface area contributed by atoms with E-state index in [1.54, 1.807) is 25.6 Å². The van der Waals surface area contributed by atoms with Gasteiger partial charge in [-0.2, -0.15) is 0 Å². The summed E-state index contributed by atoms with van der Waals surface area (Å²) in [5, 5.41) is 3.84. The molecule has 0 saturated heterocycles. The average Bonchev–Trinajstić information content (AvgIpc) is 2.81. The van der Waals surface area contributed by atoms with Gasteiger partial charge in [0.05, 0.1) is 24.4 Å². The van der Waals surface area contributed by atoms with Gasteiger partial charge in [-0.15, -0.1) is 0 Å². The maximum Gasteiger partial charge on any atom is 0.125 e. The first-order valence-electron chi connectivity index (χ1n) is 4.85. The van der Waals surface area contributed by atoms with E-state index in [4.69, 9.17) is 16.3 Å². The van der Waals surface area contributed by atoms with Crippen LogP contribution in [0, 0.1) is 0 Å².